The second-order valence-electron chi connectivity index (χ2n) is 13.9. The van der Waals surface area contributed by atoms with Gasteiger partial charge in [-0.15, -0.1) is 0 Å². The Kier molecular flexibility index (Phi) is 9.71. The number of allylic oxidation sites excluding steroid dienone is 3. The molecule has 0 aromatic heterocycles. The van der Waals surface area contributed by atoms with Crippen molar-refractivity contribution in [1.29, 1.82) is 0 Å². The number of ether oxygens (including phenoxy) is 1. The molecular formula is C35H46F3N3O5. The molecule has 0 bridgehead atoms. The Morgan fingerprint density at radius 1 is 1.04 bits per heavy atom. The van der Waals surface area contributed by atoms with Gasteiger partial charge in [-0.3, -0.25) is 14.5 Å². The lowest BCUT2D eigenvalue weighted by atomic mass is 9.79. The topological polar surface area (TPSA) is 93.6 Å². The number of alkyl halides is 3. The molecule has 2 aliphatic carbocycles. The number of rotatable bonds is 8. The summed E-state index contributed by atoms with van der Waals surface area (Å²) in [5.41, 5.74) is 0.427. The lowest BCUT2D eigenvalue weighted by molar-refractivity contribution is -0.142. The number of benzene rings is 1. The van der Waals surface area contributed by atoms with E-state index in [2.05, 4.69) is 17.1 Å². The van der Waals surface area contributed by atoms with Gasteiger partial charge in [0, 0.05) is 50.4 Å². The SMILES string of the molecule is COC1=CCC([C@@H]2CN(C3CCCC3)C[C@H]2C(=O)N2C[C@H](c3ccc(C(F)(F)F)cc3N3CCC(C(=O)O)CC3)C[C@H]2CO)C=C1. The van der Waals surface area contributed by atoms with Crippen molar-refractivity contribution in [1.82, 2.24) is 9.80 Å². The van der Waals surface area contributed by atoms with E-state index >= 15 is 0 Å². The van der Waals surface area contributed by atoms with E-state index in [1.807, 2.05) is 15.9 Å². The first-order valence-electron chi connectivity index (χ1n) is 16.8. The highest BCUT2D eigenvalue weighted by Crippen LogP contribution is 2.44. The Balaban J connectivity index is 1.25. The molecule has 5 atom stereocenters. The van der Waals surface area contributed by atoms with E-state index in [1.54, 1.807) is 7.11 Å². The largest absolute Gasteiger partial charge is 0.497 e. The third-order valence-electron chi connectivity index (χ3n) is 11.3. The molecule has 3 saturated heterocycles. The number of piperidine rings is 1. The predicted octanol–water partition coefficient (Wildman–Crippen LogP) is 5.28. The van der Waals surface area contributed by atoms with E-state index in [-0.39, 0.29) is 36.2 Å². The number of likely N-dealkylation sites (tertiary alicyclic amines) is 2. The standard InChI is InChI=1S/C35H46F3N3O5/c1-46-28-9-6-22(7-10-28)30-19-40(26-4-2-3-5-26)20-31(30)33(43)41-18-24(16-27(41)21-42)29-11-8-25(35(36,37)38)17-32(29)39-14-12-23(13-15-39)34(44)45/h6,8-11,17,22-24,26-27,30-31,42H,2-5,7,12-16,18-21H2,1H3,(H,44,45)/t22?,24-,27+,30+,31-/m1/s1. The van der Waals surface area contributed by atoms with Crippen molar-refractivity contribution in [2.75, 3.05) is 51.3 Å². The van der Waals surface area contributed by atoms with E-state index in [9.17, 15) is 33.0 Å². The molecule has 2 N–H and O–H groups in total. The third kappa shape index (κ3) is 6.68. The van der Waals surface area contributed by atoms with Gasteiger partial charge in [-0.2, -0.15) is 13.2 Å². The number of aliphatic hydroxyl groups is 1. The van der Waals surface area contributed by atoms with E-state index in [1.165, 1.54) is 25.0 Å². The fourth-order valence-corrected chi connectivity index (χ4v) is 8.71. The van der Waals surface area contributed by atoms with Crippen LogP contribution in [0.5, 0.6) is 0 Å². The molecule has 0 spiro atoms. The highest BCUT2D eigenvalue weighted by Gasteiger charge is 2.48. The van der Waals surface area contributed by atoms with Gasteiger partial charge in [0.2, 0.25) is 5.91 Å². The van der Waals surface area contributed by atoms with Crippen LogP contribution < -0.4 is 4.90 Å². The second-order valence-corrected chi connectivity index (χ2v) is 13.9. The van der Waals surface area contributed by atoms with Crippen molar-refractivity contribution in [3.05, 3.63) is 53.3 Å². The highest BCUT2D eigenvalue weighted by molar-refractivity contribution is 5.81. The number of hydrogen-bond donors (Lipinski definition) is 2. The number of halogens is 3. The van der Waals surface area contributed by atoms with Crippen LogP contribution in [0.4, 0.5) is 18.9 Å². The molecule has 3 aliphatic heterocycles. The van der Waals surface area contributed by atoms with Gasteiger partial charge in [0.1, 0.15) is 5.76 Å². The van der Waals surface area contributed by atoms with Crippen LogP contribution in [-0.4, -0.2) is 90.4 Å². The van der Waals surface area contributed by atoms with Gasteiger partial charge in [0.15, 0.2) is 0 Å². The zero-order chi connectivity index (χ0) is 32.6. The summed E-state index contributed by atoms with van der Waals surface area (Å²) in [6.45, 7) is 2.34. The van der Waals surface area contributed by atoms with Crippen LogP contribution >= 0.6 is 0 Å². The van der Waals surface area contributed by atoms with Crippen molar-refractivity contribution >= 4 is 17.6 Å². The Morgan fingerprint density at radius 3 is 2.39 bits per heavy atom. The van der Waals surface area contributed by atoms with Crippen molar-refractivity contribution in [2.45, 2.75) is 75.5 Å². The molecule has 5 aliphatic rings. The summed E-state index contributed by atoms with van der Waals surface area (Å²) in [6, 6.07) is 3.87. The Hall–Kier alpha value is -3.05. The number of aliphatic carboxylic acids is 1. The van der Waals surface area contributed by atoms with Crippen molar-refractivity contribution < 1.29 is 37.7 Å². The molecule has 1 unspecified atom stereocenters. The summed E-state index contributed by atoms with van der Waals surface area (Å²) >= 11 is 0. The van der Waals surface area contributed by atoms with Gasteiger partial charge >= 0.3 is 12.1 Å². The van der Waals surface area contributed by atoms with Gasteiger partial charge in [-0.1, -0.05) is 25.0 Å². The molecular weight excluding hydrogens is 599 g/mol. The van der Waals surface area contributed by atoms with Crippen LogP contribution in [0.15, 0.2) is 42.2 Å². The summed E-state index contributed by atoms with van der Waals surface area (Å²) in [5, 5.41) is 19.9. The fourth-order valence-electron chi connectivity index (χ4n) is 8.71. The number of carbonyl (C=O) groups is 2. The number of nitrogens with zero attached hydrogens (tertiary/aromatic N) is 3. The quantitative estimate of drug-likeness (QED) is 0.398. The smallest absolute Gasteiger partial charge is 0.416 e. The van der Waals surface area contributed by atoms with Crippen LogP contribution in [-0.2, 0) is 20.5 Å². The number of aliphatic hydroxyl groups excluding tert-OH is 1. The Labute approximate surface area is 268 Å². The third-order valence-corrected chi connectivity index (χ3v) is 11.3. The zero-order valence-corrected chi connectivity index (χ0v) is 26.5. The summed E-state index contributed by atoms with van der Waals surface area (Å²) in [7, 11) is 1.65. The molecule has 1 amide bonds. The molecule has 1 aromatic rings. The lowest BCUT2D eigenvalue weighted by Gasteiger charge is -2.35. The number of amides is 1. The minimum atomic E-state index is -4.52. The summed E-state index contributed by atoms with van der Waals surface area (Å²) in [6.07, 6.45) is 8.39. The van der Waals surface area contributed by atoms with Crippen LogP contribution in [0, 0.1) is 23.7 Å². The number of carboxylic acids is 1. The number of carboxylic acid groups (broad SMARTS) is 1. The molecule has 46 heavy (non-hydrogen) atoms. The predicted molar refractivity (Wildman–Crippen MR) is 167 cm³/mol. The zero-order valence-electron chi connectivity index (χ0n) is 26.5. The highest BCUT2D eigenvalue weighted by atomic mass is 19.4. The average Bonchev–Trinajstić information content (AvgIpc) is 3.84. The van der Waals surface area contributed by atoms with Gasteiger partial charge < -0.3 is 24.7 Å². The maximum absolute atomic E-state index is 14.5. The molecule has 1 aromatic carbocycles. The molecule has 252 valence electrons. The Morgan fingerprint density at radius 2 is 1.78 bits per heavy atom. The van der Waals surface area contributed by atoms with Crippen molar-refractivity contribution in [3.8, 4) is 0 Å². The second kappa shape index (κ2) is 13.6. The van der Waals surface area contributed by atoms with Crippen LogP contribution in [0.25, 0.3) is 0 Å². The minimum absolute atomic E-state index is 0.0256. The van der Waals surface area contributed by atoms with E-state index in [0.29, 0.717) is 57.2 Å². The first kappa shape index (κ1) is 32.9. The van der Waals surface area contributed by atoms with Crippen molar-refractivity contribution in [3.63, 3.8) is 0 Å². The van der Waals surface area contributed by atoms with Gasteiger partial charge in [0.05, 0.1) is 37.2 Å². The number of carbonyl (C=O) groups excluding carboxylic acids is 1. The lowest BCUT2D eigenvalue weighted by Crippen LogP contribution is -2.44. The average molecular weight is 646 g/mol. The summed E-state index contributed by atoms with van der Waals surface area (Å²) < 4.78 is 46.9. The molecule has 8 nitrogen and oxygen atoms in total. The van der Waals surface area contributed by atoms with E-state index in [4.69, 9.17) is 4.74 Å². The van der Waals surface area contributed by atoms with E-state index in [0.717, 1.165) is 43.2 Å². The van der Waals surface area contributed by atoms with E-state index < -0.39 is 29.7 Å². The fraction of sp³-hybridized carbons (Fsp3) is 0.657. The Bertz CT molecular complexity index is 1330. The first-order valence-corrected chi connectivity index (χ1v) is 16.8. The van der Waals surface area contributed by atoms with Gasteiger partial charge in [-0.05, 0) is 80.2 Å². The van der Waals surface area contributed by atoms with Crippen LogP contribution in [0.2, 0.25) is 0 Å². The van der Waals surface area contributed by atoms with Crippen LogP contribution in [0.3, 0.4) is 0 Å². The maximum atomic E-state index is 14.5. The summed E-state index contributed by atoms with van der Waals surface area (Å²) in [5.74, 6) is -0.705. The monoisotopic (exact) mass is 645 g/mol. The van der Waals surface area contributed by atoms with Crippen molar-refractivity contribution in [2.24, 2.45) is 23.7 Å². The minimum Gasteiger partial charge on any atom is -0.497 e. The molecule has 4 fully saturated rings. The number of methoxy groups -OCH3 is 1. The van der Waals surface area contributed by atoms with Gasteiger partial charge in [-0.25, -0.2) is 0 Å². The first-order chi connectivity index (χ1) is 22.1. The summed E-state index contributed by atoms with van der Waals surface area (Å²) in [4.78, 5) is 32.2. The number of hydrogen-bond acceptors (Lipinski definition) is 6. The molecule has 3 heterocycles. The van der Waals surface area contributed by atoms with Crippen LogP contribution in [0.1, 0.15) is 68.4 Å². The maximum Gasteiger partial charge on any atom is 0.416 e. The molecule has 11 heteroatoms. The molecule has 6 rings (SSSR count). The molecule has 1 saturated carbocycles. The normalized spacial score (nSPS) is 29.8. The number of anilines is 1. The van der Waals surface area contributed by atoms with Gasteiger partial charge in [0.25, 0.3) is 0 Å². The molecule has 0 radical (unpaired) electrons.